The van der Waals surface area contributed by atoms with E-state index in [1.165, 1.54) is 6.08 Å². The summed E-state index contributed by atoms with van der Waals surface area (Å²) in [5.74, 6) is -0.433. The van der Waals surface area contributed by atoms with Crippen LogP contribution in [0.1, 0.15) is 18.1 Å². The summed E-state index contributed by atoms with van der Waals surface area (Å²) in [5, 5.41) is 11.4. The molecule has 1 heterocycles. The van der Waals surface area contributed by atoms with E-state index in [-0.39, 0.29) is 11.8 Å². The van der Waals surface area contributed by atoms with Gasteiger partial charge in [-0.15, -0.1) is 0 Å². The van der Waals surface area contributed by atoms with Crippen LogP contribution in [0.3, 0.4) is 0 Å². The lowest BCUT2D eigenvalue weighted by Crippen LogP contribution is -2.50. The van der Waals surface area contributed by atoms with E-state index in [2.05, 4.69) is 5.32 Å². The fourth-order valence-corrected chi connectivity index (χ4v) is 2.22. The van der Waals surface area contributed by atoms with Gasteiger partial charge in [-0.1, -0.05) is 12.1 Å². The van der Waals surface area contributed by atoms with E-state index in [1.54, 1.807) is 42.2 Å². The van der Waals surface area contributed by atoms with Crippen LogP contribution in [0.5, 0.6) is 0 Å². The summed E-state index contributed by atoms with van der Waals surface area (Å²) in [6, 6.07) is 8.33. The Balaban J connectivity index is 1.86. The highest BCUT2D eigenvalue weighted by Crippen LogP contribution is 2.05. The number of benzene rings is 1. The molecule has 0 spiro atoms. The van der Waals surface area contributed by atoms with Gasteiger partial charge in [-0.2, -0.15) is 5.26 Å². The van der Waals surface area contributed by atoms with Crippen LogP contribution < -0.4 is 5.32 Å². The first-order chi connectivity index (χ1) is 11.1. The molecule has 1 fully saturated rings. The molecule has 0 aliphatic carbocycles. The molecule has 1 aliphatic heterocycles. The predicted molar refractivity (Wildman–Crippen MR) is 85.2 cm³/mol. The number of rotatable bonds is 4. The van der Waals surface area contributed by atoms with Crippen molar-refractivity contribution in [3.63, 3.8) is 0 Å². The van der Waals surface area contributed by atoms with Crippen LogP contribution in [-0.4, -0.2) is 49.1 Å². The first-order valence-corrected chi connectivity index (χ1v) is 7.45. The van der Waals surface area contributed by atoms with Gasteiger partial charge < -0.3 is 15.0 Å². The summed E-state index contributed by atoms with van der Waals surface area (Å²) in [6.07, 6.45) is 3.02. The molecule has 23 heavy (non-hydrogen) atoms. The van der Waals surface area contributed by atoms with Crippen LogP contribution in [0.15, 0.2) is 30.3 Å². The summed E-state index contributed by atoms with van der Waals surface area (Å²) in [4.78, 5) is 25.8. The molecule has 0 bridgehead atoms. The third-order valence-electron chi connectivity index (χ3n) is 3.52. The molecule has 1 N–H and O–H groups in total. The van der Waals surface area contributed by atoms with Crippen molar-refractivity contribution in [1.82, 2.24) is 10.2 Å². The molecule has 1 aromatic carbocycles. The summed E-state index contributed by atoms with van der Waals surface area (Å²) in [7, 11) is 0. The average Bonchev–Trinajstić information content (AvgIpc) is 2.60. The summed E-state index contributed by atoms with van der Waals surface area (Å²) in [5.41, 5.74) is 1.38. The van der Waals surface area contributed by atoms with Crippen molar-refractivity contribution in [2.75, 3.05) is 26.3 Å². The van der Waals surface area contributed by atoms with Crippen molar-refractivity contribution >= 4 is 17.9 Å². The van der Waals surface area contributed by atoms with Crippen molar-refractivity contribution in [3.8, 4) is 6.07 Å². The first kappa shape index (κ1) is 16.7. The van der Waals surface area contributed by atoms with Crippen LogP contribution in [-0.2, 0) is 14.3 Å². The molecule has 1 aliphatic rings. The van der Waals surface area contributed by atoms with E-state index in [0.29, 0.717) is 31.9 Å². The molecule has 1 aromatic rings. The fraction of sp³-hybridized carbons (Fsp3) is 0.353. The minimum atomic E-state index is -0.578. The largest absolute Gasteiger partial charge is 0.378 e. The molecule has 0 aromatic heterocycles. The van der Waals surface area contributed by atoms with Gasteiger partial charge in [0.1, 0.15) is 6.04 Å². The summed E-state index contributed by atoms with van der Waals surface area (Å²) >= 11 is 0. The van der Waals surface area contributed by atoms with E-state index in [0.717, 1.165) is 5.56 Å². The van der Waals surface area contributed by atoms with Gasteiger partial charge in [0.15, 0.2) is 0 Å². The Morgan fingerprint density at radius 1 is 1.30 bits per heavy atom. The molecule has 2 amide bonds. The second-order valence-corrected chi connectivity index (χ2v) is 5.24. The van der Waals surface area contributed by atoms with Gasteiger partial charge in [-0.25, -0.2) is 0 Å². The van der Waals surface area contributed by atoms with Crippen molar-refractivity contribution in [2.45, 2.75) is 13.0 Å². The smallest absolute Gasteiger partial charge is 0.245 e. The highest BCUT2D eigenvalue weighted by atomic mass is 16.5. The lowest BCUT2D eigenvalue weighted by molar-refractivity contribution is -0.138. The number of nitrogens with zero attached hydrogens (tertiary/aromatic N) is 2. The quantitative estimate of drug-likeness (QED) is 0.839. The van der Waals surface area contributed by atoms with Crippen LogP contribution in [0.4, 0.5) is 0 Å². The number of nitriles is 1. The number of amides is 2. The fourth-order valence-electron chi connectivity index (χ4n) is 2.22. The maximum absolute atomic E-state index is 12.2. The van der Waals surface area contributed by atoms with Crippen molar-refractivity contribution in [3.05, 3.63) is 41.5 Å². The Labute approximate surface area is 135 Å². The van der Waals surface area contributed by atoms with E-state index < -0.39 is 6.04 Å². The van der Waals surface area contributed by atoms with Crippen LogP contribution in [0.25, 0.3) is 6.08 Å². The standard InChI is InChI=1S/C17H19N3O3/c1-13(17(22)20-8-10-23-11-9-20)19-16(21)7-6-14-2-4-15(12-18)5-3-14/h2-7,13H,8-11H2,1H3,(H,19,21)/b7-6-/t13-/m0/s1. The van der Waals surface area contributed by atoms with E-state index in [4.69, 9.17) is 10.00 Å². The Morgan fingerprint density at radius 3 is 2.57 bits per heavy atom. The number of nitrogens with one attached hydrogen (secondary N) is 1. The maximum Gasteiger partial charge on any atom is 0.245 e. The SMILES string of the molecule is C[C@H](NC(=O)/C=C\c1ccc(C#N)cc1)C(=O)N1CCOCC1. The third kappa shape index (κ3) is 4.94. The Bertz CT molecular complexity index is 625. The predicted octanol–water partition coefficient (Wildman–Crippen LogP) is 0.935. The first-order valence-electron chi connectivity index (χ1n) is 7.45. The van der Waals surface area contributed by atoms with Gasteiger partial charge >= 0.3 is 0 Å². The van der Waals surface area contributed by atoms with Gasteiger partial charge in [0.25, 0.3) is 0 Å². The van der Waals surface area contributed by atoms with Crippen LogP contribution in [0, 0.1) is 11.3 Å². The van der Waals surface area contributed by atoms with Gasteiger partial charge in [0.2, 0.25) is 11.8 Å². The molecule has 2 rings (SSSR count). The second kappa shape index (κ2) is 8.11. The van der Waals surface area contributed by atoms with Crippen molar-refractivity contribution < 1.29 is 14.3 Å². The number of carbonyl (C=O) groups excluding carboxylic acids is 2. The molecule has 0 saturated carbocycles. The van der Waals surface area contributed by atoms with Crippen molar-refractivity contribution in [1.29, 1.82) is 5.26 Å². The Kier molecular flexibility index (Phi) is 5.89. The molecule has 0 unspecified atom stereocenters. The van der Waals surface area contributed by atoms with Crippen LogP contribution in [0.2, 0.25) is 0 Å². The van der Waals surface area contributed by atoms with E-state index in [9.17, 15) is 9.59 Å². The Hall–Kier alpha value is -2.65. The molecule has 6 heteroatoms. The lowest BCUT2D eigenvalue weighted by Gasteiger charge is -2.29. The summed E-state index contributed by atoms with van der Waals surface area (Å²) in [6.45, 7) is 3.85. The highest BCUT2D eigenvalue weighted by Gasteiger charge is 2.22. The number of ether oxygens (including phenoxy) is 1. The molecule has 0 radical (unpaired) electrons. The molecule has 1 atom stereocenters. The van der Waals surface area contributed by atoms with Gasteiger partial charge in [0.05, 0.1) is 24.8 Å². The monoisotopic (exact) mass is 313 g/mol. The maximum atomic E-state index is 12.2. The zero-order chi connectivity index (χ0) is 16.7. The van der Waals surface area contributed by atoms with Gasteiger partial charge in [-0.05, 0) is 30.7 Å². The third-order valence-corrected chi connectivity index (χ3v) is 3.52. The topological polar surface area (TPSA) is 82.4 Å². The second-order valence-electron chi connectivity index (χ2n) is 5.24. The summed E-state index contributed by atoms with van der Waals surface area (Å²) < 4.78 is 5.20. The minimum absolute atomic E-state index is 0.103. The zero-order valence-electron chi connectivity index (χ0n) is 13.0. The van der Waals surface area contributed by atoms with E-state index >= 15 is 0 Å². The minimum Gasteiger partial charge on any atom is -0.378 e. The number of morpholine rings is 1. The molecule has 6 nitrogen and oxygen atoms in total. The van der Waals surface area contributed by atoms with Gasteiger partial charge in [0, 0.05) is 19.2 Å². The average molecular weight is 313 g/mol. The molecular formula is C17H19N3O3. The van der Waals surface area contributed by atoms with Gasteiger partial charge in [-0.3, -0.25) is 9.59 Å². The number of hydrogen-bond acceptors (Lipinski definition) is 4. The molecular weight excluding hydrogens is 294 g/mol. The zero-order valence-corrected chi connectivity index (χ0v) is 13.0. The van der Waals surface area contributed by atoms with E-state index in [1.807, 2.05) is 6.07 Å². The normalized spacial score (nSPS) is 15.9. The number of carbonyl (C=O) groups is 2. The lowest BCUT2D eigenvalue weighted by atomic mass is 10.1. The van der Waals surface area contributed by atoms with Crippen LogP contribution >= 0.6 is 0 Å². The molecule has 120 valence electrons. The number of hydrogen-bond donors (Lipinski definition) is 1. The van der Waals surface area contributed by atoms with Crippen molar-refractivity contribution in [2.24, 2.45) is 0 Å². The molecule has 1 saturated heterocycles. The highest BCUT2D eigenvalue weighted by molar-refractivity contribution is 5.95. The Morgan fingerprint density at radius 2 is 1.96 bits per heavy atom.